The number of benzene rings is 10. The molecular weight excluding hydrogens is 749 g/mol. The lowest BCUT2D eigenvalue weighted by Gasteiger charge is -2.23. The van der Waals surface area contributed by atoms with E-state index in [4.69, 9.17) is 6.58 Å². The Balaban J connectivity index is 1.27. The summed E-state index contributed by atoms with van der Waals surface area (Å²) in [5.41, 5.74) is 12.8. The van der Waals surface area contributed by atoms with Gasteiger partial charge in [0.2, 0.25) is 0 Å². The zero-order chi connectivity index (χ0) is 41.3. The highest BCUT2D eigenvalue weighted by molar-refractivity contribution is 6.29. The van der Waals surface area contributed by atoms with Crippen LogP contribution in [0.1, 0.15) is 18.1 Å². The summed E-state index contributed by atoms with van der Waals surface area (Å²) in [5, 5.41) is 18.9. The van der Waals surface area contributed by atoms with Crippen LogP contribution in [0.4, 0.5) is 5.69 Å². The standard InChI is InChI=1S/C60H42N2/c1-3-4-5-20-38(2)52-35-39-21-8-11-26-44(39)56-57(59(52)61-53-36-40-22-6-9-24-42(40)45-27-12-14-29-47(45)53)49-31-16-17-32-50(49)60-58(56)51-33-18-19-34-54(51)62(60)55-37-41-23-7-10-25-43(41)46-28-13-15-30-48(46)55/h3-34,36-37,61H,2,35H2,1H3/b4-3-,20-5-. The minimum Gasteiger partial charge on any atom is -0.354 e. The van der Waals surface area contributed by atoms with Crippen molar-refractivity contribution in [2.24, 2.45) is 0 Å². The van der Waals surface area contributed by atoms with E-state index in [1.165, 1.54) is 109 Å². The van der Waals surface area contributed by atoms with Crippen molar-refractivity contribution in [3.63, 3.8) is 0 Å². The van der Waals surface area contributed by atoms with Crippen LogP contribution in [0.5, 0.6) is 0 Å². The molecule has 1 aliphatic rings. The second-order valence-electron chi connectivity index (χ2n) is 16.4. The number of para-hydroxylation sites is 1. The molecule has 0 aliphatic heterocycles. The van der Waals surface area contributed by atoms with E-state index in [-0.39, 0.29) is 0 Å². The molecule has 1 aliphatic carbocycles. The molecule has 0 saturated carbocycles. The summed E-state index contributed by atoms with van der Waals surface area (Å²) >= 11 is 0. The third-order valence-electron chi connectivity index (χ3n) is 13.0. The van der Waals surface area contributed by atoms with Crippen LogP contribution in [0.15, 0.2) is 224 Å². The topological polar surface area (TPSA) is 17.0 Å². The summed E-state index contributed by atoms with van der Waals surface area (Å²) in [7, 11) is 0. The van der Waals surface area contributed by atoms with E-state index in [0.29, 0.717) is 6.42 Å². The normalized spacial score (nSPS) is 13.0. The van der Waals surface area contributed by atoms with Crippen LogP contribution in [-0.4, -0.2) is 4.57 Å². The van der Waals surface area contributed by atoms with E-state index in [2.05, 4.69) is 223 Å². The molecule has 1 N–H and O–H groups in total. The number of anilines is 1. The van der Waals surface area contributed by atoms with Gasteiger partial charge in [-0.15, -0.1) is 0 Å². The van der Waals surface area contributed by atoms with Crippen molar-refractivity contribution in [2.75, 3.05) is 5.32 Å². The fourth-order valence-corrected chi connectivity index (χ4v) is 10.3. The van der Waals surface area contributed by atoms with Crippen molar-refractivity contribution in [2.45, 2.75) is 13.3 Å². The zero-order valence-electron chi connectivity index (χ0n) is 34.5. The van der Waals surface area contributed by atoms with Crippen LogP contribution in [0.25, 0.3) is 98.2 Å². The maximum Gasteiger partial charge on any atom is 0.0626 e. The first kappa shape index (κ1) is 36.0. The molecule has 0 saturated heterocycles. The molecule has 12 rings (SSSR count). The van der Waals surface area contributed by atoms with E-state index in [0.717, 1.165) is 17.0 Å². The molecule has 62 heavy (non-hydrogen) atoms. The number of nitrogens with one attached hydrogen (secondary N) is 1. The van der Waals surface area contributed by atoms with E-state index in [1.807, 2.05) is 0 Å². The molecule has 0 fully saturated rings. The summed E-state index contributed by atoms with van der Waals surface area (Å²) in [6.45, 7) is 6.86. The van der Waals surface area contributed by atoms with Gasteiger partial charge in [-0.05, 0) is 85.1 Å². The molecule has 0 radical (unpaired) electrons. The van der Waals surface area contributed by atoms with Crippen LogP contribution < -0.4 is 5.32 Å². The minimum atomic E-state index is 0.710. The first-order valence-corrected chi connectivity index (χ1v) is 21.5. The van der Waals surface area contributed by atoms with Gasteiger partial charge < -0.3 is 9.88 Å². The van der Waals surface area contributed by atoms with E-state index >= 15 is 0 Å². The largest absolute Gasteiger partial charge is 0.354 e. The van der Waals surface area contributed by atoms with Crippen molar-refractivity contribution in [1.82, 2.24) is 4.57 Å². The fraction of sp³-hybridized carbons (Fsp3) is 0.0333. The number of allylic oxidation sites excluding steroid dienone is 6. The maximum atomic E-state index is 4.81. The minimum absolute atomic E-state index is 0.710. The Morgan fingerprint density at radius 1 is 0.532 bits per heavy atom. The molecule has 1 aromatic heterocycles. The Bertz CT molecular complexity index is 3780. The summed E-state index contributed by atoms with van der Waals surface area (Å²) in [6, 6.07) is 67.1. The quantitative estimate of drug-likeness (QED) is 0.131. The monoisotopic (exact) mass is 790 g/mol. The molecule has 0 spiro atoms. The van der Waals surface area contributed by atoms with Crippen molar-refractivity contribution < 1.29 is 0 Å². The summed E-state index contributed by atoms with van der Waals surface area (Å²) in [4.78, 5) is 0. The number of hydrogen-bond donors (Lipinski definition) is 1. The molecule has 0 bridgehead atoms. The highest BCUT2D eigenvalue weighted by Gasteiger charge is 2.31. The number of rotatable bonds is 6. The molecule has 2 nitrogen and oxygen atoms in total. The zero-order valence-corrected chi connectivity index (χ0v) is 34.5. The van der Waals surface area contributed by atoms with Crippen LogP contribution in [-0.2, 0) is 6.42 Å². The lowest BCUT2D eigenvalue weighted by molar-refractivity contribution is 1.19. The van der Waals surface area contributed by atoms with Crippen LogP contribution >= 0.6 is 0 Å². The summed E-state index contributed by atoms with van der Waals surface area (Å²) in [6.07, 6.45) is 9.13. The Morgan fingerprint density at radius 3 is 1.84 bits per heavy atom. The summed E-state index contributed by atoms with van der Waals surface area (Å²) < 4.78 is 2.56. The summed E-state index contributed by atoms with van der Waals surface area (Å²) in [5.74, 6) is 0. The molecule has 10 aromatic carbocycles. The molecule has 1 heterocycles. The lowest BCUT2D eigenvalue weighted by atomic mass is 9.87. The Kier molecular flexibility index (Phi) is 8.33. The van der Waals surface area contributed by atoms with Gasteiger partial charge in [-0.25, -0.2) is 0 Å². The highest BCUT2D eigenvalue weighted by atomic mass is 15.0. The van der Waals surface area contributed by atoms with Crippen molar-refractivity contribution in [3.05, 3.63) is 235 Å². The van der Waals surface area contributed by atoms with E-state index in [9.17, 15) is 0 Å². The van der Waals surface area contributed by atoms with Crippen molar-refractivity contribution >= 4 is 87.1 Å². The predicted octanol–water partition coefficient (Wildman–Crippen LogP) is 16.3. The predicted molar refractivity (Wildman–Crippen MR) is 268 cm³/mol. The molecule has 11 aromatic rings. The Hall–Kier alpha value is -7.94. The molecular formula is C60H42N2. The molecule has 2 heteroatoms. The van der Waals surface area contributed by atoms with Gasteiger partial charge in [-0.2, -0.15) is 0 Å². The van der Waals surface area contributed by atoms with Gasteiger partial charge in [0, 0.05) is 50.2 Å². The average Bonchev–Trinajstić information content (AvgIpc) is 3.59. The van der Waals surface area contributed by atoms with Crippen LogP contribution in [0.2, 0.25) is 0 Å². The maximum absolute atomic E-state index is 4.81. The van der Waals surface area contributed by atoms with Gasteiger partial charge in [-0.1, -0.05) is 195 Å². The fourth-order valence-electron chi connectivity index (χ4n) is 10.3. The van der Waals surface area contributed by atoms with Crippen molar-refractivity contribution in [3.8, 4) is 16.8 Å². The van der Waals surface area contributed by atoms with Gasteiger partial charge >= 0.3 is 0 Å². The van der Waals surface area contributed by atoms with Gasteiger partial charge in [0.25, 0.3) is 0 Å². The number of nitrogens with zero attached hydrogens (tertiary/aromatic N) is 1. The Labute approximate surface area is 360 Å². The van der Waals surface area contributed by atoms with E-state index in [1.54, 1.807) is 0 Å². The van der Waals surface area contributed by atoms with Crippen molar-refractivity contribution in [1.29, 1.82) is 0 Å². The lowest BCUT2D eigenvalue weighted by Crippen LogP contribution is -2.07. The smallest absolute Gasteiger partial charge is 0.0626 e. The number of aromatic nitrogens is 1. The second kappa shape index (κ2) is 14.4. The molecule has 0 unspecified atom stereocenters. The van der Waals surface area contributed by atoms with Gasteiger partial charge in [0.15, 0.2) is 0 Å². The average molecular weight is 791 g/mol. The van der Waals surface area contributed by atoms with Gasteiger partial charge in [0.05, 0.1) is 22.4 Å². The highest BCUT2D eigenvalue weighted by Crippen LogP contribution is 2.52. The SMILES string of the molecule is C=C(/C=C\C=C/C)C1=C(Nc2cc3ccccc3c3ccccc23)c2c(c3c4ccccc4n(-c4cc5ccccc5c5ccccc45)c3c3ccccc23)-c2ccccc2C1. The van der Waals surface area contributed by atoms with Crippen LogP contribution in [0.3, 0.4) is 0 Å². The van der Waals surface area contributed by atoms with Gasteiger partial charge in [-0.3, -0.25) is 0 Å². The van der Waals surface area contributed by atoms with E-state index < -0.39 is 0 Å². The third kappa shape index (κ3) is 5.43. The molecule has 0 atom stereocenters. The first-order chi connectivity index (χ1) is 30.7. The van der Waals surface area contributed by atoms with Crippen LogP contribution in [0, 0.1) is 0 Å². The number of hydrogen-bond acceptors (Lipinski definition) is 1. The number of fused-ring (bicyclic) bond motifs is 16. The molecule has 0 amide bonds. The molecule has 292 valence electrons. The second-order valence-corrected chi connectivity index (χ2v) is 16.4. The Morgan fingerprint density at radius 2 is 1.10 bits per heavy atom. The third-order valence-corrected chi connectivity index (χ3v) is 13.0. The first-order valence-electron chi connectivity index (χ1n) is 21.5. The van der Waals surface area contributed by atoms with Gasteiger partial charge in [0.1, 0.15) is 0 Å².